The van der Waals surface area contributed by atoms with Gasteiger partial charge >= 0.3 is 12.1 Å². The van der Waals surface area contributed by atoms with Crippen molar-refractivity contribution in [3.63, 3.8) is 0 Å². The second kappa shape index (κ2) is 5.72. The van der Waals surface area contributed by atoms with Crippen LogP contribution in [0, 0.1) is 0 Å². The molecule has 0 radical (unpaired) electrons. The molecule has 0 atom stereocenters. The number of hydrogen-bond donors (Lipinski definition) is 1. The molecule has 1 N–H and O–H groups in total. The second-order valence-electron chi connectivity index (χ2n) is 3.92. The fourth-order valence-corrected chi connectivity index (χ4v) is 1.97. The average molecular weight is 362 g/mol. The van der Waals surface area contributed by atoms with Crippen LogP contribution in [0.3, 0.4) is 0 Å². The Kier molecular flexibility index (Phi) is 4.17. The highest BCUT2D eigenvalue weighted by atomic mass is 79.9. The number of benzene rings is 1. The normalized spacial score (nSPS) is 11.2. The van der Waals surface area contributed by atoms with Crippen LogP contribution in [0.5, 0.6) is 11.6 Å². The highest BCUT2D eigenvalue weighted by molar-refractivity contribution is 9.10. The number of aromatic nitrogens is 1. The van der Waals surface area contributed by atoms with Crippen molar-refractivity contribution in [2.24, 2.45) is 0 Å². The number of carboxylic acid groups (broad SMARTS) is 1. The largest absolute Gasteiger partial charge is 0.478 e. The van der Waals surface area contributed by atoms with E-state index in [1.165, 1.54) is 24.3 Å². The third-order valence-corrected chi connectivity index (χ3v) is 3.04. The van der Waals surface area contributed by atoms with Crippen LogP contribution in [0.15, 0.2) is 41.0 Å². The lowest BCUT2D eigenvalue weighted by Crippen LogP contribution is -2.04. The van der Waals surface area contributed by atoms with Gasteiger partial charge in [-0.25, -0.2) is 9.78 Å². The van der Waals surface area contributed by atoms with Crippen molar-refractivity contribution < 1.29 is 27.8 Å². The van der Waals surface area contributed by atoms with Crippen LogP contribution in [-0.2, 0) is 6.18 Å². The number of alkyl halides is 3. The third kappa shape index (κ3) is 3.72. The maximum Gasteiger partial charge on any atom is 0.416 e. The van der Waals surface area contributed by atoms with Gasteiger partial charge in [0.25, 0.3) is 0 Å². The van der Waals surface area contributed by atoms with Crippen molar-refractivity contribution in [3.8, 4) is 11.6 Å². The highest BCUT2D eigenvalue weighted by Crippen LogP contribution is 2.32. The zero-order chi connectivity index (χ0) is 15.6. The Hall–Kier alpha value is -2.09. The molecule has 8 heteroatoms. The van der Waals surface area contributed by atoms with E-state index in [0.717, 1.165) is 12.1 Å². The van der Waals surface area contributed by atoms with E-state index < -0.39 is 17.7 Å². The predicted octanol–water partition coefficient (Wildman–Crippen LogP) is 4.35. The summed E-state index contributed by atoms with van der Waals surface area (Å²) in [6.07, 6.45) is -4.47. The average Bonchev–Trinajstić information content (AvgIpc) is 2.37. The van der Waals surface area contributed by atoms with Crippen molar-refractivity contribution in [1.29, 1.82) is 0 Å². The molecule has 2 rings (SSSR count). The van der Waals surface area contributed by atoms with Crippen molar-refractivity contribution in [1.82, 2.24) is 4.98 Å². The zero-order valence-electron chi connectivity index (χ0n) is 10.2. The minimum absolute atomic E-state index is 0.0220. The number of rotatable bonds is 3. The van der Waals surface area contributed by atoms with Crippen molar-refractivity contribution in [2.45, 2.75) is 6.18 Å². The standard InChI is InChI=1S/C13H7BrF3NO3/c14-11-9(12(19)20)4-5-10(18-11)21-8-3-1-2-7(6-8)13(15,16)17/h1-6H,(H,19,20). The first-order valence-corrected chi connectivity index (χ1v) is 6.31. The van der Waals surface area contributed by atoms with Gasteiger partial charge in [0.15, 0.2) is 0 Å². The fourth-order valence-electron chi connectivity index (χ4n) is 1.49. The molecular formula is C13H7BrF3NO3. The Bertz CT molecular complexity index is 689. The summed E-state index contributed by atoms with van der Waals surface area (Å²) in [4.78, 5) is 14.6. The number of halogens is 4. The highest BCUT2D eigenvalue weighted by Gasteiger charge is 2.30. The lowest BCUT2D eigenvalue weighted by atomic mass is 10.2. The molecule has 0 saturated carbocycles. The van der Waals surface area contributed by atoms with Gasteiger partial charge < -0.3 is 9.84 Å². The molecule has 1 aromatic heterocycles. The summed E-state index contributed by atoms with van der Waals surface area (Å²) in [6, 6.07) is 6.80. The van der Waals surface area contributed by atoms with Crippen LogP contribution in [0.1, 0.15) is 15.9 Å². The van der Waals surface area contributed by atoms with Crippen molar-refractivity contribution >= 4 is 21.9 Å². The van der Waals surface area contributed by atoms with Gasteiger partial charge in [-0.1, -0.05) is 6.07 Å². The summed E-state index contributed by atoms with van der Waals surface area (Å²) >= 11 is 2.96. The van der Waals surface area contributed by atoms with Crippen LogP contribution >= 0.6 is 15.9 Å². The molecule has 0 saturated heterocycles. The first kappa shape index (κ1) is 15.3. The van der Waals surface area contributed by atoms with Gasteiger partial charge in [-0.2, -0.15) is 13.2 Å². The van der Waals surface area contributed by atoms with Gasteiger partial charge in [-0.3, -0.25) is 0 Å². The van der Waals surface area contributed by atoms with Gasteiger partial charge in [-0.05, 0) is 40.2 Å². The molecule has 0 aliphatic carbocycles. The van der Waals surface area contributed by atoms with E-state index >= 15 is 0 Å². The summed E-state index contributed by atoms with van der Waals surface area (Å²) < 4.78 is 42.9. The zero-order valence-corrected chi connectivity index (χ0v) is 11.8. The summed E-state index contributed by atoms with van der Waals surface area (Å²) in [7, 11) is 0. The van der Waals surface area contributed by atoms with Gasteiger partial charge in [0.2, 0.25) is 5.88 Å². The van der Waals surface area contributed by atoms with Crippen LogP contribution in [-0.4, -0.2) is 16.1 Å². The van der Waals surface area contributed by atoms with Gasteiger partial charge in [0.1, 0.15) is 10.4 Å². The maximum absolute atomic E-state index is 12.6. The van der Waals surface area contributed by atoms with Crippen LogP contribution < -0.4 is 4.74 Å². The molecule has 0 aliphatic heterocycles. The predicted molar refractivity (Wildman–Crippen MR) is 70.4 cm³/mol. The number of carbonyl (C=O) groups is 1. The van der Waals surface area contributed by atoms with Gasteiger partial charge in [0.05, 0.1) is 11.1 Å². The number of hydrogen-bond acceptors (Lipinski definition) is 3. The molecule has 1 aromatic carbocycles. The lowest BCUT2D eigenvalue weighted by Gasteiger charge is -2.10. The molecule has 0 unspecified atom stereocenters. The third-order valence-electron chi connectivity index (χ3n) is 2.44. The number of ether oxygens (including phenoxy) is 1. The summed E-state index contributed by atoms with van der Waals surface area (Å²) in [5.74, 6) is -1.25. The molecular weight excluding hydrogens is 355 g/mol. The Morgan fingerprint density at radius 2 is 1.95 bits per heavy atom. The topological polar surface area (TPSA) is 59.4 Å². The van der Waals surface area contributed by atoms with E-state index in [4.69, 9.17) is 9.84 Å². The fraction of sp³-hybridized carbons (Fsp3) is 0.0769. The quantitative estimate of drug-likeness (QED) is 0.825. The Balaban J connectivity index is 2.27. The monoisotopic (exact) mass is 361 g/mol. The first-order chi connectivity index (χ1) is 9.77. The smallest absolute Gasteiger partial charge is 0.416 e. The van der Waals surface area contributed by atoms with Gasteiger partial charge in [-0.15, -0.1) is 0 Å². The molecule has 1 heterocycles. The number of carboxylic acids is 1. The second-order valence-corrected chi connectivity index (χ2v) is 4.67. The Labute approximate surface area is 125 Å². The van der Waals surface area contributed by atoms with E-state index in [9.17, 15) is 18.0 Å². The molecule has 0 aliphatic rings. The molecule has 110 valence electrons. The molecule has 0 amide bonds. The summed E-state index contributed by atoms with van der Waals surface area (Å²) in [5, 5.41) is 8.84. The van der Waals surface area contributed by atoms with Crippen LogP contribution in [0.25, 0.3) is 0 Å². The van der Waals surface area contributed by atoms with E-state index in [0.29, 0.717) is 0 Å². The maximum atomic E-state index is 12.6. The number of aromatic carboxylic acids is 1. The molecule has 2 aromatic rings. The molecule has 0 fully saturated rings. The SMILES string of the molecule is O=C(O)c1ccc(Oc2cccc(C(F)(F)F)c2)nc1Br. The van der Waals surface area contributed by atoms with Gasteiger partial charge in [0, 0.05) is 6.07 Å². The van der Waals surface area contributed by atoms with E-state index in [1.807, 2.05) is 0 Å². The van der Waals surface area contributed by atoms with Crippen molar-refractivity contribution in [3.05, 3.63) is 52.1 Å². The van der Waals surface area contributed by atoms with E-state index in [1.54, 1.807) is 0 Å². The Morgan fingerprint density at radius 1 is 1.24 bits per heavy atom. The van der Waals surface area contributed by atoms with Crippen LogP contribution in [0.2, 0.25) is 0 Å². The molecule has 0 spiro atoms. The van der Waals surface area contributed by atoms with E-state index in [2.05, 4.69) is 20.9 Å². The first-order valence-electron chi connectivity index (χ1n) is 5.52. The minimum atomic E-state index is -4.47. The molecule has 0 bridgehead atoms. The summed E-state index contributed by atoms with van der Waals surface area (Å²) in [6.45, 7) is 0. The number of nitrogens with zero attached hydrogens (tertiary/aromatic N) is 1. The molecule has 21 heavy (non-hydrogen) atoms. The minimum Gasteiger partial charge on any atom is -0.478 e. The van der Waals surface area contributed by atoms with E-state index in [-0.39, 0.29) is 21.8 Å². The van der Waals surface area contributed by atoms with Crippen molar-refractivity contribution in [2.75, 3.05) is 0 Å². The molecule has 4 nitrogen and oxygen atoms in total. The Morgan fingerprint density at radius 3 is 2.52 bits per heavy atom. The van der Waals surface area contributed by atoms with Crippen LogP contribution in [0.4, 0.5) is 13.2 Å². The lowest BCUT2D eigenvalue weighted by molar-refractivity contribution is -0.137. The summed E-state index contributed by atoms with van der Waals surface area (Å²) in [5.41, 5.74) is -0.924. The number of pyridine rings is 1.